The molecule has 0 radical (unpaired) electrons. The van der Waals surface area contributed by atoms with E-state index in [1.54, 1.807) is 6.92 Å². The van der Waals surface area contributed by atoms with Crippen LogP contribution in [-0.4, -0.2) is 62.0 Å². The minimum absolute atomic E-state index is 0.0716. The average Bonchev–Trinajstić information content (AvgIpc) is 2.35. The van der Waals surface area contributed by atoms with E-state index in [9.17, 15) is 4.79 Å². The maximum Gasteiger partial charge on any atom is 0.234 e. The summed E-state index contributed by atoms with van der Waals surface area (Å²) in [6.07, 6.45) is 0. The molecular weight excluding hydrogens is 214 g/mol. The predicted molar refractivity (Wildman–Crippen MR) is 71.7 cm³/mol. The Labute approximate surface area is 105 Å². The Morgan fingerprint density at radius 3 is 2.35 bits per heavy atom. The van der Waals surface area contributed by atoms with Crippen LogP contribution in [0.5, 0.6) is 0 Å². The lowest BCUT2D eigenvalue weighted by Gasteiger charge is -2.31. The second-order valence-corrected chi connectivity index (χ2v) is 3.78. The Balaban J connectivity index is 0.00000121. The highest BCUT2D eigenvalue weighted by atomic mass is 16.2. The van der Waals surface area contributed by atoms with E-state index in [2.05, 4.69) is 34.0 Å². The molecule has 0 atom stereocenters. The number of rotatable bonds is 3. The Hall–Kier alpha value is -1.05. The summed E-state index contributed by atoms with van der Waals surface area (Å²) < 4.78 is 0. The van der Waals surface area contributed by atoms with Crippen LogP contribution in [0.2, 0.25) is 0 Å². The van der Waals surface area contributed by atoms with Gasteiger partial charge in [-0.15, -0.1) is 5.92 Å². The molecule has 0 saturated carbocycles. The molecule has 1 saturated heterocycles. The number of likely N-dealkylation sites (N-methyl/N-ethyl adjacent to an activating group) is 1. The zero-order valence-electron chi connectivity index (χ0n) is 11.5. The van der Waals surface area contributed by atoms with Gasteiger partial charge in [0.25, 0.3) is 0 Å². The highest BCUT2D eigenvalue weighted by Gasteiger charge is 2.15. The van der Waals surface area contributed by atoms with Gasteiger partial charge < -0.3 is 10.2 Å². The molecule has 1 N–H and O–H groups in total. The summed E-state index contributed by atoms with van der Waals surface area (Å²) in [4.78, 5) is 15.9. The van der Waals surface area contributed by atoms with E-state index in [-0.39, 0.29) is 5.91 Å². The summed E-state index contributed by atoms with van der Waals surface area (Å²) >= 11 is 0. The molecule has 1 aliphatic rings. The van der Waals surface area contributed by atoms with E-state index in [0.717, 1.165) is 26.2 Å². The molecule has 0 aromatic rings. The summed E-state index contributed by atoms with van der Waals surface area (Å²) in [6, 6.07) is 0. The van der Waals surface area contributed by atoms with Crippen LogP contribution in [0.25, 0.3) is 0 Å². The van der Waals surface area contributed by atoms with Crippen molar-refractivity contribution < 1.29 is 4.79 Å². The first-order valence-corrected chi connectivity index (χ1v) is 6.29. The molecular formula is C13H25N3O. The third kappa shape index (κ3) is 7.78. The van der Waals surface area contributed by atoms with E-state index >= 15 is 0 Å². The first-order chi connectivity index (χ1) is 8.22. The summed E-state index contributed by atoms with van der Waals surface area (Å²) in [5, 5.41) is 2.77. The van der Waals surface area contributed by atoms with Crippen molar-refractivity contribution in [1.82, 2.24) is 15.1 Å². The molecule has 0 spiro atoms. The summed E-state index contributed by atoms with van der Waals surface area (Å²) in [5.74, 6) is 5.63. The molecule has 98 valence electrons. The van der Waals surface area contributed by atoms with Gasteiger partial charge in [0.2, 0.25) is 5.91 Å². The fourth-order valence-electron chi connectivity index (χ4n) is 1.50. The SMILES string of the molecule is CC.CC#CCNC(=O)CN1CCN(C)CC1. The zero-order chi connectivity index (χ0) is 13.1. The van der Waals surface area contributed by atoms with Crippen LogP contribution in [-0.2, 0) is 4.79 Å². The van der Waals surface area contributed by atoms with Crippen molar-refractivity contribution in [2.45, 2.75) is 20.8 Å². The highest BCUT2D eigenvalue weighted by Crippen LogP contribution is 1.97. The molecule has 0 aromatic carbocycles. The molecule has 0 aliphatic carbocycles. The first kappa shape index (κ1) is 16.0. The van der Waals surface area contributed by atoms with Crippen LogP contribution in [0.3, 0.4) is 0 Å². The normalized spacial score (nSPS) is 16.2. The Bertz CT molecular complexity index is 260. The van der Waals surface area contributed by atoms with Crippen LogP contribution in [0, 0.1) is 11.8 Å². The Morgan fingerprint density at radius 1 is 1.24 bits per heavy atom. The molecule has 1 aliphatic heterocycles. The molecule has 1 fully saturated rings. The summed E-state index contributed by atoms with van der Waals surface area (Å²) in [5.41, 5.74) is 0. The minimum atomic E-state index is 0.0716. The van der Waals surface area contributed by atoms with Crippen molar-refractivity contribution >= 4 is 5.91 Å². The van der Waals surface area contributed by atoms with Gasteiger partial charge in [-0.25, -0.2) is 0 Å². The second-order valence-electron chi connectivity index (χ2n) is 3.78. The number of carbonyl (C=O) groups is 1. The summed E-state index contributed by atoms with van der Waals surface area (Å²) in [7, 11) is 2.11. The number of amides is 1. The molecule has 1 heterocycles. The van der Waals surface area contributed by atoms with Gasteiger partial charge in [0.1, 0.15) is 0 Å². The maximum atomic E-state index is 11.4. The average molecular weight is 239 g/mol. The van der Waals surface area contributed by atoms with Crippen molar-refractivity contribution in [2.75, 3.05) is 46.3 Å². The smallest absolute Gasteiger partial charge is 0.234 e. The van der Waals surface area contributed by atoms with E-state index in [4.69, 9.17) is 0 Å². The third-order valence-corrected chi connectivity index (χ3v) is 2.51. The van der Waals surface area contributed by atoms with Gasteiger partial charge in [-0.3, -0.25) is 9.69 Å². The van der Waals surface area contributed by atoms with Crippen molar-refractivity contribution in [2.24, 2.45) is 0 Å². The molecule has 17 heavy (non-hydrogen) atoms. The number of carbonyl (C=O) groups excluding carboxylic acids is 1. The van der Waals surface area contributed by atoms with Gasteiger partial charge in [-0.1, -0.05) is 19.8 Å². The van der Waals surface area contributed by atoms with Gasteiger partial charge in [-0.2, -0.15) is 0 Å². The highest BCUT2D eigenvalue weighted by molar-refractivity contribution is 5.78. The first-order valence-electron chi connectivity index (χ1n) is 6.29. The minimum Gasteiger partial charge on any atom is -0.344 e. The van der Waals surface area contributed by atoms with Crippen LogP contribution >= 0.6 is 0 Å². The number of hydrogen-bond donors (Lipinski definition) is 1. The number of nitrogens with one attached hydrogen (secondary N) is 1. The molecule has 0 bridgehead atoms. The standard InChI is InChI=1S/C11H19N3O.C2H6/c1-3-4-5-12-11(15)10-14-8-6-13(2)7-9-14;1-2/h5-10H2,1-2H3,(H,12,15);1-2H3. The van der Waals surface area contributed by atoms with Crippen LogP contribution in [0.1, 0.15) is 20.8 Å². The van der Waals surface area contributed by atoms with E-state index < -0.39 is 0 Å². The molecule has 0 unspecified atom stereocenters. The van der Waals surface area contributed by atoms with Gasteiger partial charge in [0, 0.05) is 26.2 Å². The van der Waals surface area contributed by atoms with Gasteiger partial charge in [0.05, 0.1) is 13.1 Å². The maximum absolute atomic E-state index is 11.4. The van der Waals surface area contributed by atoms with Crippen molar-refractivity contribution in [3.8, 4) is 11.8 Å². The lowest BCUT2D eigenvalue weighted by molar-refractivity contribution is -0.122. The van der Waals surface area contributed by atoms with E-state index in [0.29, 0.717) is 13.1 Å². The third-order valence-electron chi connectivity index (χ3n) is 2.51. The number of nitrogens with zero attached hydrogens (tertiary/aromatic N) is 2. The monoisotopic (exact) mass is 239 g/mol. The van der Waals surface area contributed by atoms with Crippen LogP contribution in [0.4, 0.5) is 0 Å². The Morgan fingerprint density at radius 2 is 1.82 bits per heavy atom. The topological polar surface area (TPSA) is 35.6 Å². The van der Waals surface area contributed by atoms with E-state index in [1.165, 1.54) is 0 Å². The summed E-state index contributed by atoms with van der Waals surface area (Å²) in [6.45, 7) is 10.8. The Kier molecular flexibility index (Phi) is 9.50. The van der Waals surface area contributed by atoms with Crippen molar-refractivity contribution in [1.29, 1.82) is 0 Å². The number of piperazine rings is 1. The molecule has 4 heteroatoms. The van der Waals surface area contributed by atoms with Crippen LogP contribution < -0.4 is 5.32 Å². The van der Waals surface area contributed by atoms with Crippen molar-refractivity contribution in [3.05, 3.63) is 0 Å². The predicted octanol–water partition coefficient (Wildman–Crippen LogP) is 0.400. The number of hydrogen-bond acceptors (Lipinski definition) is 3. The quantitative estimate of drug-likeness (QED) is 0.724. The van der Waals surface area contributed by atoms with Gasteiger partial charge in [-0.05, 0) is 14.0 Å². The second kappa shape index (κ2) is 10.1. The fourth-order valence-corrected chi connectivity index (χ4v) is 1.50. The lowest BCUT2D eigenvalue weighted by Crippen LogP contribution is -2.48. The molecule has 1 amide bonds. The fraction of sp³-hybridized carbons (Fsp3) is 0.769. The molecule has 1 rings (SSSR count). The van der Waals surface area contributed by atoms with Crippen LogP contribution in [0.15, 0.2) is 0 Å². The molecule has 0 aromatic heterocycles. The van der Waals surface area contributed by atoms with Gasteiger partial charge >= 0.3 is 0 Å². The lowest BCUT2D eigenvalue weighted by atomic mass is 10.3. The largest absolute Gasteiger partial charge is 0.344 e. The zero-order valence-corrected chi connectivity index (χ0v) is 11.5. The van der Waals surface area contributed by atoms with E-state index in [1.807, 2.05) is 13.8 Å². The molecule has 4 nitrogen and oxygen atoms in total. The van der Waals surface area contributed by atoms with Crippen molar-refractivity contribution in [3.63, 3.8) is 0 Å². The van der Waals surface area contributed by atoms with Gasteiger partial charge in [0.15, 0.2) is 0 Å².